The molecule has 4 heteroatoms. The fourth-order valence-corrected chi connectivity index (χ4v) is 2.84. The number of likely N-dealkylation sites (N-methyl/N-ethyl adjacent to an activating group) is 1. The van der Waals surface area contributed by atoms with Crippen molar-refractivity contribution in [3.8, 4) is 0 Å². The van der Waals surface area contributed by atoms with Gasteiger partial charge in [0.1, 0.15) is 6.17 Å². The number of amides is 1. The van der Waals surface area contributed by atoms with E-state index in [4.69, 9.17) is 0 Å². The van der Waals surface area contributed by atoms with Crippen LogP contribution >= 0.6 is 0 Å². The summed E-state index contributed by atoms with van der Waals surface area (Å²) in [7, 11) is 4.08. The standard InChI is InChI=1S/C17H27N3O/c1-5-7-15-17(21)20(11-10-19(3)4)16(18-15)14-9-6-8-13(2)12-14/h6,8-9,12,15-16,18H,5,7,10-11H2,1-4H3. The van der Waals surface area contributed by atoms with Crippen LogP contribution in [0.25, 0.3) is 0 Å². The number of hydrogen-bond donors (Lipinski definition) is 1. The van der Waals surface area contributed by atoms with E-state index in [1.54, 1.807) is 0 Å². The largest absolute Gasteiger partial charge is 0.320 e. The van der Waals surface area contributed by atoms with E-state index in [9.17, 15) is 4.79 Å². The summed E-state index contributed by atoms with van der Waals surface area (Å²) in [5.41, 5.74) is 2.41. The van der Waals surface area contributed by atoms with Crippen LogP contribution in [-0.2, 0) is 4.79 Å². The van der Waals surface area contributed by atoms with E-state index < -0.39 is 0 Å². The van der Waals surface area contributed by atoms with E-state index in [0.717, 1.165) is 25.9 Å². The molecule has 1 heterocycles. The smallest absolute Gasteiger partial charge is 0.241 e. The second-order valence-electron chi connectivity index (χ2n) is 6.16. The highest BCUT2D eigenvalue weighted by atomic mass is 16.2. The molecule has 1 aromatic rings. The molecule has 0 bridgehead atoms. The molecule has 21 heavy (non-hydrogen) atoms. The highest BCUT2D eigenvalue weighted by Crippen LogP contribution is 2.27. The molecule has 4 nitrogen and oxygen atoms in total. The molecule has 0 saturated carbocycles. The van der Waals surface area contributed by atoms with Crippen molar-refractivity contribution in [1.82, 2.24) is 15.1 Å². The molecular formula is C17H27N3O. The fraction of sp³-hybridized carbons (Fsp3) is 0.588. The van der Waals surface area contributed by atoms with Crippen LogP contribution in [0.5, 0.6) is 0 Å². The number of aryl methyl sites for hydroxylation is 1. The Balaban J connectivity index is 2.20. The zero-order chi connectivity index (χ0) is 15.4. The van der Waals surface area contributed by atoms with E-state index in [1.807, 2.05) is 19.0 Å². The molecule has 1 aromatic carbocycles. The number of nitrogens with zero attached hydrogens (tertiary/aromatic N) is 2. The molecular weight excluding hydrogens is 262 g/mol. The molecule has 0 spiro atoms. The maximum absolute atomic E-state index is 12.6. The van der Waals surface area contributed by atoms with Crippen LogP contribution in [0.3, 0.4) is 0 Å². The molecule has 1 aliphatic heterocycles. The third-order valence-corrected chi connectivity index (χ3v) is 3.98. The van der Waals surface area contributed by atoms with Crippen molar-refractivity contribution < 1.29 is 4.79 Å². The van der Waals surface area contributed by atoms with Gasteiger partial charge in [-0.05, 0) is 33.0 Å². The highest BCUT2D eigenvalue weighted by Gasteiger charge is 2.38. The lowest BCUT2D eigenvalue weighted by molar-refractivity contribution is -0.130. The Morgan fingerprint density at radius 3 is 2.71 bits per heavy atom. The summed E-state index contributed by atoms with van der Waals surface area (Å²) in [5.74, 6) is 0.241. The van der Waals surface area contributed by atoms with Crippen LogP contribution in [-0.4, -0.2) is 48.9 Å². The molecule has 2 rings (SSSR count). The topological polar surface area (TPSA) is 35.6 Å². The van der Waals surface area contributed by atoms with Crippen LogP contribution in [0.1, 0.15) is 37.1 Å². The maximum Gasteiger partial charge on any atom is 0.241 e. The van der Waals surface area contributed by atoms with Crippen molar-refractivity contribution in [2.45, 2.75) is 38.9 Å². The van der Waals surface area contributed by atoms with Crippen molar-refractivity contribution in [1.29, 1.82) is 0 Å². The van der Waals surface area contributed by atoms with Gasteiger partial charge in [0.25, 0.3) is 0 Å². The van der Waals surface area contributed by atoms with Gasteiger partial charge in [0.05, 0.1) is 6.04 Å². The fourth-order valence-electron chi connectivity index (χ4n) is 2.84. The van der Waals surface area contributed by atoms with Crippen LogP contribution in [0, 0.1) is 6.92 Å². The molecule has 0 aliphatic carbocycles. The highest BCUT2D eigenvalue weighted by molar-refractivity contribution is 5.84. The number of nitrogens with one attached hydrogen (secondary N) is 1. The first-order valence-corrected chi connectivity index (χ1v) is 7.80. The van der Waals surface area contributed by atoms with Gasteiger partial charge in [-0.1, -0.05) is 43.2 Å². The molecule has 1 saturated heterocycles. The molecule has 2 unspecified atom stereocenters. The molecule has 1 fully saturated rings. The van der Waals surface area contributed by atoms with Gasteiger partial charge < -0.3 is 9.80 Å². The van der Waals surface area contributed by atoms with Gasteiger partial charge in [-0.15, -0.1) is 0 Å². The minimum atomic E-state index is -0.0392. The molecule has 0 radical (unpaired) electrons. The third kappa shape index (κ3) is 3.83. The Morgan fingerprint density at radius 2 is 2.10 bits per heavy atom. The Bertz CT molecular complexity index is 487. The van der Waals surface area contributed by atoms with Crippen molar-refractivity contribution in [3.63, 3.8) is 0 Å². The van der Waals surface area contributed by atoms with Gasteiger partial charge >= 0.3 is 0 Å². The van der Waals surface area contributed by atoms with E-state index in [-0.39, 0.29) is 18.1 Å². The van der Waals surface area contributed by atoms with Gasteiger partial charge in [-0.2, -0.15) is 0 Å². The predicted molar refractivity (Wildman–Crippen MR) is 86.0 cm³/mol. The molecule has 1 aliphatic rings. The van der Waals surface area contributed by atoms with Gasteiger partial charge in [0.15, 0.2) is 0 Å². The zero-order valence-corrected chi connectivity index (χ0v) is 13.6. The van der Waals surface area contributed by atoms with Gasteiger partial charge in [-0.3, -0.25) is 10.1 Å². The number of rotatable bonds is 6. The van der Waals surface area contributed by atoms with Crippen molar-refractivity contribution >= 4 is 5.91 Å². The summed E-state index contributed by atoms with van der Waals surface area (Å²) in [6, 6.07) is 8.39. The average Bonchev–Trinajstić information content (AvgIpc) is 2.74. The van der Waals surface area contributed by atoms with Crippen molar-refractivity contribution in [2.75, 3.05) is 27.2 Å². The monoisotopic (exact) mass is 289 g/mol. The normalized spacial score (nSPS) is 22.3. The number of carbonyl (C=O) groups is 1. The average molecular weight is 289 g/mol. The van der Waals surface area contributed by atoms with Crippen LogP contribution in [0.2, 0.25) is 0 Å². The molecule has 2 atom stereocenters. The zero-order valence-electron chi connectivity index (χ0n) is 13.6. The van der Waals surface area contributed by atoms with Gasteiger partial charge in [0.2, 0.25) is 5.91 Å². The van der Waals surface area contributed by atoms with Crippen LogP contribution in [0.4, 0.5) is 0 Å². The summed E-state index contributed by atoms with van der Waals surface area (Å²) < 4.78 is 0. The van der Waals surface area contributed by atoms with Crippen LogP contribution in [0.15, 0.2) is 24.3 Å². The summed E-state index contributed by atoms with van der Waals surface area (Å²) in [6.45, 7) is 5.86. The molecule has 1 N–H and O–H groups in total. The summed E-state index contributed by atoms with van der Waals surface area (Å²) >= 11 is 0. The van der Waals surface area contributed by atoms with E-state index >= 15 is 0 Å². The number of hydrogen-bond acceptors (Lipinski definition) is 3. The molecule has 1 amide bonds. The molecule has 116 valence electrons. The number of carbonyl (C=O) groups excluding carboxylic acids is 1. The Morgan fingerprint density at radius 1 is 1.33 bits per heavy atom. The van der Waals surface area contributed by atoms with Crippen molar-refractivity contribution in [3.05, 3.63) is 35.4 Å². The first kappa shape index (κ1) is 16.0. The quantitative estimate of drug-likeness (QED) is 0.871. The lowest BCUT2D eigenvalue weighted by Crippen LogP contribution is -2.36. The van der Waals surface area contributed by atoms with E-state index in [1.165, 1.54) is 11.1 Å². The summed E-state index contributed by atoms with van der Waals surface area (Å²) in [6.07, 6.45) is 1.93. The Kier molecular flexibility index (Phi) is 5.37. The Hall–Kier alpha value is -1.39. The second kappa shape index (κ2) is 7.05. The molecule has 0 aromatic heterocycles. The van der Waals surface area contributed by atoms with Crippen LogP contribution < -0.4 is 5.32 Å². The Labute approximate surface area is 128 Å². The predicted octanol–water partition coefficient (Wildman–Crippen LogP) is 2.16. The summed E-state index contributed by atoms with van der Waals surface area (Å²) in [4.78, 5) is 16.7. The van der Waals surface area contributed by atoms with Crippen molar-refractivity contribution in [2.24, 2.45) is 0 Å². The van der Waals surface area contributed by atoms with Gasteiger partial charge in [-0.25, -0.2) is 0 Å². The lowest BCUT2D eigenvalue weighted by Gasteiger charge is -2.26. The first-order chi connectivity index (χ1) is 10.0. The number of benzene rings is 1. The van der Waals surface area contributed by atoms with Gasteiger partial charge in [0, 0.05) is 13.1 Å². The maximum atomic E-state index is 12.6. The van der Waals surface area contributed by atoms with E-state index in [2.05, 4.69) is 48.3 Å². The minimum absolute atomic E-state index is 0.00824. The SMILES string of the molecule is CCCC1NC(c2cccc(C)c2)N(CCN(C)C)C1=O. The lowest BCUT2D eigenvalue weighted by atomic mass is 10.1. The third-order valence-electron chi connectivity index (χ3n) is 3.98. The second-order valence-corrected chi connectivity index (χ2v) is 6.16. The first-order valence-electron chi connectivity index (χ1n) is 7.80. The minimum Gasteiger partial charge on any atom is -0.320 e. The van der Waals surface area contributed by atoms with E-state index in [0.29, 0.717) is 0 Å². The summed E-state index contributed by atoms with van der Waals surface area (Å²) in [5, 5.41) is 3.52.